The monoisotopic (exact) mass is 368 g/mol. The summed E-state index contributed by atoms with van der Waals surface area (Å²) in [5.74, 6) is 0.555. The van der Waals surface area contributed by atoms with Gasteiger partial charge in [0.2, 0.25) is 0 Å². The maximum Gasteiger partial charge on any atom is 0.186 e. The van der Waals surface area contributed by atoms with Crippen LogP contribution in [0.4, 0.5) is 0 Å². The summed E-state index contributed by atoms with van der Waals surface area (Å²) in [5, 5.41) is 0. The van der Waals surface area contributed by atoms with Gasteiger partial charge in [0.15, 0.2) is 18.0 Å². The van der Waals surface area contributed by atoms with Crippen molar-refractivity contribution < 1.29 is 9.37 Å². The van der Waals surface area contributed by atoms with Crippen LogP contribution in [0.15, 0.2) is 91.0 Å². The van der Waals surface area contributed by atoms with Crippen LogP contribution in [0, 0.1) is 11.8 Å². The first-order valence-electron chi connectivity index (χ1n) is 9.94. The van der Waals surface area contributed by atoms with Crippen LogP contribution >= 0.6 is 0 Å². The van der Waals surface area contributed by atoms with Gasteiger partial charge in [-0.15, -0.1) is 0 Å². The van der Waals surface area contributed by atoms with Crippen LogP contribution in [-0.2, 0) is 0 Å². The van der Waals surface area contributed by atoms with Gasteiger partial charge in [-0.25, -0.2) is 4.58 Å². The predicted molar refractivity (Wildman–Crippen MR) is 114 cm³/mol. The first kappa shape index (κ1) is 18.4. The molecule has 0 amide bonds. The molecule has 3 atom stereocenters. The molecule has 0 saturated heterocycles. The number of hydrogen-bond donors (Lipinski definition) is 0. The lowest BCUT2D eigenvalue weighted by Crippen LogP contribution is -2.44. The molecule has 2 heteroatoms. The van der Waals surface area contributed by atoms with Crippen LogP contribution in [-0.4, -0.2) is 29.7 Å². The maximum atomic E-state index is 13.5. The molecule has 0 radical (unpaired) electrons. The van der Waals surface area contributed by atoms with Crippen molar-refractivity contribution in [3.05, 3.63) is 108 Å². The van der Waals surface area contributed by atoms with Crippen molar-refractivity contribution in [1.29, 1.82) is 0 Å². The highest BCUT2D eigenvalue weighted by molar-refractivity contribution is 6.03. The lowest BCUT2D eigenvalue weighted by molar-refractivity contribution is -0.510. The third-order valence-corrected chi connectivity index (χ3v) is 5.93. The van der Waals surface area contributed by atoms with E-state index in [1.807, 2.05) is 42.5 Å². The van der Waals surface area contributed by atoms with Crippen molar-refractivity contribution in [2.24, 2.45) is 11.8 Å². The first-order chi connectivity index (χ1) is 13.7. The van der Waals surface area contributed by atoms with E-state index in [2.05, 4.69) is 67.1 Å². The molecule has 0 bridgehead atoms. The Kier molecular flexibility index (Phi) is 5.21. The fraction of sp³-hybridized carbons (Fsp3) is 0.231. The van der Waals surface area contributed by atoms with Gasteiger partial charge in [-0.1, -0.05) is 85.8 Å². The third kappa shape index (κ3) is 3.43. The highest BCUT2D eigenvalue weighted by Crippen LogP contribution is 2.39. The Hall–Kier alpha value is -3.00. The maximum absolute atomic E-state index is 13.5. The molecular weight excluding hydrogens is 342 g/mol. The highest BCUT2D eigenvalue weighted by atomic mass is 16.1. The van der Waals surface area contributed by atoms with Gasteiger partial charge in [0.1, 0.15) is 7.05 Å². The number of nitrogens with zero attached hydrogens (tertiary/aromatic N) is 1. The van der Waals surface area contributed by atoms with Crippen molar-refractivity contribution in [3.63, 3.8) is 0 Å². The van der Waals surface area contributed by atoms with Crippen LogP contribution in [0.5, 0.6) is 0 Å². The SMILES string of the molecule is C[C@H]1C(c2ccccc2)=[N+](C)C[C@H](C(=O)c2ccccc2)[C@@H]1c1ccccc1. The molecule has 140 valence electrons. The molecular formula is C26H26NO+. The van der Waals surface area contributed by atoms with Crippen molar-refractivity contribution in [2.45, 2.75) is 12.8 Å². The molecule has 2 nitrogen and oxygen atoms in total. The van der Waals surface area contributed by atoms with Crippen LogP contribution in [0.1, 0.15) is 34.3 Å². The summed E-state index contributed by atoms with van der Waals surface area (Å²) >= 11 is 0. The van der Waals surface area contributed by atoms with Gasteiger partial charge in [0.25, 0.3) is 0 Å². The number of benzene rings is 3. The van der Waals surface area contributed by atoms with Crippen LogP contribution in [0.2, 0.25) is 0 Å². The molecule has 0 aromatic heterocycles. The Bertz CT molecular complexity index is 977. The molecule has 0 N–H and O–H groups in total. The van der Waals surface area contributed by atoms with Crippen LogP contribution in [0.25, 0.3) is 0 Å². The zero-order valence-electron chi connectivity index (χ0n) is 16.5. The molecule has 1 aliphatic heterocycles. The van der Waals surface area contributed by atoms with Crippen LogP contribution < -0.4 is 0 Å². The van der Waals surface area contributed by atoms with Gasteiger partial charge in [0.05, 0.1) is 5.92 Å². The minimum absolute atomic E-state index is 0.0720. The molecule has 0 saturated carbocycles. The molecule has 0 spiro atoms. The summed E-state index contributed by atoms with van der Waals surface area (Å²) in [7, 11) is 2.12. The number of hydrogen-bond acceptors (Lipinski definition) is 1. The average molecular weight is 368 g/mol. The minimum Gasteiger partial charge on any atom is -0.294 e. The first-order valence-corrected chi connectivity index (χ1v) is 9.94. The van der Waals surface area contributed by atoms with Gasteiger partial charge in [0, 0.05) is 23.0 Å². The summed E-state index contributed by atoms with van der Waals surface area (Å²) in [4.78, 5) is 13.5. The molecule has 28 heavy (non-hydrogen) atoms. The Morgan fingerprint density at radius 2 is 1.36 bits per heavy atom. The summed E-state index contributed by atoms with van der Waals surface area (Å²) in [6, 6.07) is 30.8. The number of rotatable bonds is 4. The number of carbonyl (C=O) groups excluding carboxylic acids is 1. The Balaban J connectivity index is 1.81. The van der Waals surface area contributed by atoms with Gasteiger partial charge in [-0.2, -0.15) is 0 Å². The van der Waals surface area contributed by atoms with Gasteiger partial charge in [-0.05, 0) is 17.7 Å². The lowest BCUT2D eigenvalue weighted by atomic mass is 9.69. The minimum atomic E-state index is -0.0720. The number of Topliss-reactive ketones (excluding diaryl/α,β-unsaturated/α-hetero) is 1. The van der Waals surface area contributed by atoms with Crippen LogP contribution in [0.3, 0.4) is 0 Å². The van der Waals surface area contributed by atoms with Gasteiger partial charge < -0.3 is 0 Å². The van der Waals surface area contributed by atoms with E-state index in [9.17, 15) is 4.79 Å². The Morgan fingerprint density at radius 1 is 0.821 bits per heavy atom. The fourth-order valence-corrected chi connectivity index (χ4v) is 4.72. The zero-order valence-corrected chi connectivity index (χ0v) is 16.5. The molecule has 0 aliphatic carbocycles. The summed E-state index contributed by atoms with van der Waals surface area (Å²) < 4.78 is 2.28. The topological polar surface area (TPSA) is 20.1 Å². The molecule has 1 aliphatic rings. The van der Waals surface area contributed by atoms with E-state index in [4.69, 9.17) is 0 Å². The summed E-state index contributed by atoms with van der Waals surface area (Å²) in [6.07, 6.45) is 0. The molecule has 0 unspecified atom stereocenters. The second kappa shape index (κ2) is 7.93. The van der Waals surface area contributed by atoms with E-state index in [0.29, 0.717) is 0 Å². The second-order valence-electron chi connectivity index (χ2n) is 7.69. The van der Waals surface area contributed by atoms with Crippen molar-refractivity contribution in [2.75, 3.05) is 13.6 Å². The fourth-order valence-electron chi connectivity index (χ4n) is 4.72. The summed E-state index contributed by atoms with van der Waals surface area (Å²) in [5.41, 5.74) is 4.60. The quantitative estimate of drug-likeness (QED) is 0.466. The third-order valence-electron chi connectivity index (χ3n) is 5.93. The molecule has 3 aromatic rings. The van der Waals surface area contributed by atoms with E-state index in [0.717, 1.165) is 12.1 Å². The Labute approximate surface area is 167 Å². The number of ketones is 1. The normalized spacial score (nSPS) is 22.1. The van der Waals surface area contributed by atoms with Crippen molar-refractivity contribution in [1.82, 2.24) is 0 Å². The largest absolute Gasteiger partial charge is 0.294 e. The van der Waals surface area contributed by atoms with E-state index >= 15 is 0 Å². The van der Waals surface area contributed by atoms with E-state index in [1.165, 1.54) is 16.8 Å². The molecule has 0 fully saturated rings. The summed E-state index contributed by atoms with van der Waals surface area (Å²) in [6.45, 7) is 2.99. The zero-order chi connectivity index (χ0) is 19.5. The van der Waals surface area contributed by atoms with E-state index in [-0.39, 0.29) is 23.5 Å². The Morgan fingerprint density at radius 3 is 1.96 bits per heavy atom. The smallest absolute Gasteiger partial charge is 0.186 e. The average Bonchev–Trinajstić information content (AvgIpc) is 2.75. The van der Waals surface area contributed by atoms with Crippen molar-refractivity contribution in [3.8, 4) is 0 Å². The second-order valence-corrected chi connectivity index (χ2v) is 7.69. The van der Waals surface area contributed by atoms with E-state index < -0.39 is 0 Å². The lowest BCUT2D eigenvalue weighted by Gasteiger charge is -2.34. The van der Waals surface area contributed by atoms with Crippen molar-refractivity contribution >= 4 is 11.5 Å². The standard InChI is InChI=1S/C26H26NO/c1-19-24(20-12-6-3-7-13-20)23(26(28)22-16-10-5-11-17-22)18-27(2)25(19)21-14-8-4-9-15-21/h3-17,19,23-24H,18H2,1-2H3/q+1/t19-,23+,24+/m1/s1. The highest BCUT2D eigenvalue weighted by Gasteiger charge is 2.44. The molecule has 4 rings (SSSR count). The van der Waals surface area contributed by atoms with Gasteiger partial charge >= 0.3 is 0 Å². The molecule has 3 aromatic carbocycles. The molecule has 1 heterocycles. The number of carbonyl (C=O) groups is 1. The van der Waals surface area contributed by atoms with Gasteiger partial charge in [-0.3, -0.25) is 4.79 Å². The predicted octanol–water partition coefficient (Wildman–Crippen LogP) is 5.05. The van der Waals surface area contributed by atoms with E-state index in [1.54, 1.807) is 0 Å².